The van der Waals surface area contributed by atoms with Crippen LogP contribution in [0.5, 0.6) is 0 Å². The Morgan fingerprint density at radius 1 is 1.31 bits per heavy atom. The first-order valence-electron chi connectivity index (χ1n) is 5.32. The Balaban J connectivity index is 2.07. The van der Waals surface area contributed by atoms with Crippen molar-refractivity contribution < 1.29 is 4.74 Å². The first-order chi connectivity index (χ1) is 7.66. The molecule has 0 aliphatic carbocycles. The van der Waals surface area contributed by atoms with Crippen LogP contribution in [0.1, 0.15) is 12.0 Å². The molecule has 1 fully saturated rings. The molecule has 2 unspecified atom stereocenters. The van der Waals surface area contributed by atoms with Crippen molar-refractivity contribution in [1.29, 1.82) is 0 Å². The molecule has 0 radical (unpaired) electrons. The van der Waals surface area contributed by atoms with E-state index in [9.17, 15) is 0 Å². The summed E-state index contributed by atoms with van der Waals surface area (Å²) in [5, 5.41) is 1.55. The number of hydrogen-bond donors (Lipinski definition) is 0. The molecule has 0 N–H and O–H groups in total. The lowest BCUT2D eigenvalue weighted by Crippen LogP contribution is -2.29. The van der Waals surface area contributed by atoms with Crippen LogP contribution >= 0.6 is 34.8 Å². The van der Waals surface area contributed by atoms with Gasteiger partial charge in [0.15, 0.2) is 0 Å². The standard InChI is InChI=1S/C12H13Cl3O/c13-10-2-1-8(12(15)6-10)5-9-7-16-4-3-11(9)14/h1-2,6,9,11H,3-5,7H2. The van der Waals surface area contributed by atoms with Crippen molar-refractivity contribution in [1.82, 2.24) is 0 Å². The van der Waals surface area contributed by atoms with Crippen molar-refractivity contribution in [2.75, 3.05) is 13.2 Å². The molecule has 1 saturated heterocycles. The summed E-state index contributed by atoms with van der Waals surface area (Å²) in [6.45, 7) is 1.48. The minimum Gasteiger partial charge on any atom is -0.381 e. The van der Waals surface area contributed by atoms with Crippen LogP contribution in [-0.2, 0) is 11.2 Å². The highest BCUT2D eigenvalue weighted by Gasteiger charge is 2.24. The van der Waals surface area contributed by atoms with Gasteiger partial charge in [-0.25, -0.2) is 0 Å². The highest BCUT2D eigenvalue weighted by atomic mass is 35.5. The van der Waals surface area contributed by atoms with E-state index in [1.54, 1.807) is 6.07 Å². The molecule has 1 aromatic rings. The zero-order chi connectivity index (χ0) is 11.5. The van der Waals surface area contributed by atoms with E-state index >= 15 is 0 Å². The average molecular weight is 280 g/mol. The summed E-state index contributed by atoms with van der Waals surface area (Å²) in [5.41, 5.74) is 1.09. The Labute approximate surface area is 111 Å². The first kappa shape index (κ1) is 12.5. The second-order valence-corrected chi connectivity index (χ2v) is 5.48. The van der Waals surface area contributed by atoms with Crippen LogP contribution in [0.3, 0.4) is 0 Å². The maximum Gasteiger partial charge on any atom is 0.0511 e. The van der Waals surface area contributed by atoms with Gasteiger partial charge >= 0.3 is 0 Å². The lowest BCUT2D eigenvalue weighted by molar-refractivity contribution is 0.0578. The predicted molar refractivity (Wildman–Crippen MR) is 68.7 cm³/mol. The van der Waals surface area contributed by atoms with E-state index in [1.807, 2.05) is 12.1 Å². The smallest absolute Gasteiger partial charge is 0.0511 e. The van der Waals surface area contributed by atoms with Gasteiger partial charge in [-0.2, -0.15) is 0 Å². The average Bonchev–Trinajstić information content (AvgIpc) is 2.25. The summed E-state index contributed by atoms with van der Waals surface area (Å²) < 4.78 is 5.43. The summed E-state index contributed by atoms with van der Waals surface area (Å²) in [7, 11) is 0. The van der Waals surface area contributed by atoms with Crippen LogP contribution < -0.4 is 0 Å². The zero-order valence-corrected chi connectivity index (χ0v) is 11.0. The summed E-state index contributed by atoms with van der Waals surface area (Å²) in [6, 6.07) is 5.59. The van der Waals surface area contributed by atoms with Gasteiger partial charge in [0.2, 0.25) is 0 Å². The maximum absolute atomic E-state index is 6.27. The second kappa shape index (κ2) is 5.59. The fourth-order valence-electron chi connectivity index (χ4n) is 1.93. The lowest BCUT2D eigenvalue weighted by Gasteiger charge is -2.27. The fourth-order valence-corrected chi connectivity index (χ4v) is 2.66. The molecule has 0 bridgehead atoms. The fraction of sp³-hybridized carbons (Fsp3) is 0.500. The Kier molecular flexibility index (Phi) is 4.37. The van der Waals surface area contributed by atoms with E-state index in [2.05, 4.69) is 0 Å². The third-order valence-corrected chi connectivity index (χ3v) is 4.04. The van der Waals surface area contributed by atoms with Gasteiger partial charge in [0.1, 0.15) is 0 Å². The van der Waals surface area contributed by atoms with Gasteiger partial charge in [-0.05, 0) is 30.5 Å². The van der Waals surface area contributed by atoms with Crippen LogP contribution in [0, 0.1) is 5.92 Å². The summed E-state index contributed by atoms with van der Waals surface area (Å²) in [6.07, 6.45) is 1.77. The quantitative estimate of drug-likeness (QED) is 0.738. The summed E-state index contributed by atoms with van der Waals surface area (Å²) in [4.78, 5) is 0. The Morgan fingerprint density at radius 2 is 2.12 bits per heavy atom. The zero-order valence-electron chi connectivity index (χ0n) is 8.76. The van der Waals surface area contributed by atoms with Crippen LogP contribution in [0.4, 0.5) is 0 Å². The number of rotatable bonds is 2. The third-order valence-electron chi connectivity index (χ3n) is 2.88. The highest BCUT2D eigenvalue weighted by Crippen LogP contribution is 2.28. The van der Waals surface area contributed by atoms with Crippen molar-refractivity contribution in [3.63, 3.8) is 0 Å². The van der Waals surface area contributed by atoms with Crippen LogP contribution in [0.15, 0.2) is 18.2 Å². The van der Waals surface area contributed by atoms with Gasteiger partial charge in [-0.3, -0.25) is 0 Å². The van der Waals surface area contributed by atoms with Crippen LogP contribution in [0.25, 0.3) is 0 Å². The Bertz CT molecular complexity index is 367. The van der Waals surface area contributed by atoms with Crippen LogP contribution in [0.2, 0.25) is 10.0 Å². The normalized spacial score (nSPS) is 25.7. The molecular weight excluding hydrogens is 266 g/mol. The molecule has 2 atom stereocenters. The molecule has 16 heavy (non-hydrogen) atoms. The third kappa shape index (κ3) is 3.04. The van der Waals surface area contributed by atoms with E-state index in [-0.39, 0.29) is 5.38 Å². The summed E-state index contributed by atoms with van der Waals surface area (Å²) in [5.74, 6) is 0.342. The molecule has 1 aliphatic heterocycles. The molecule has 1 nitrogen and oxygen atoms in total. The van der Waals surface area contributed by atoms with Gasteiger partial charge in [0, 0.05) is 27.9 Å². The van der Waals surface area contributed by atoms with Gasteiger partial charge < -0.3 is 4.74 Å². The van der Waals surface area contributed by atoms with Gasteiger partial charge in [-0.15, -0.1) is 11.6 Å². The number of halogens is 3. The molecule has 0 aromatic heterocycles. The van der Waals surface area contributed by atoms with E-state index in [1.165, 1.54) is 0 Å². The Morgan fingerprint density at radius 3 is 2.81 bits per heavy atom. The number of ether oxygens (including phenoxy) is 1. The molecule has 1 heterocycles. The van der Waals surface area contributed by atoms with Gasteiger partial charge in [0.05, 0.1) is 6.61 Å². The lowest BCUT2D eigenvalue weighted by atomic mass is 9.94. The van der Waals surface area contributed by atoms with Crippen molar-refractivity contribution >= 4 is 34.8 Å². The molecule has 4 heteroatoms. The van der Waals surface area contributed by atoms with Crippen molar-refractivity contribution in [2.45, 2.75) is 18.2 Å². The van der Waals surface area contributed by atoms with E-state index in [0.29, 0.717) is 22.6 Å². The van der Waals surface area contributed by atoms with E-state index in [0.717, 1.165) is 25.0 Å². The molecule has 2 rings (SSSR count). The summed E-state index contributed by atoms with van der Waals surface area (Å²) >= 11 is 18.2. The van der Waals surface area contributed by atoms with Crippen molar-refractivity contribution in [3.8, 4) is 0 Å². The molecule has 88 valence electrons. The topological polar surface area (TPSA) is 9.23 Å². The molecule has 0 amide bonds. The Hall–Kier alpha value is 0.0500. The minimum absolute atomic E-state index is 0.181. The minimum atomic E-state index is 0.181. The predicted octanol–water partition coefficient (Wildman–Crippen LogP) is 4.18. The number of hydrogen-bond acceptors (Lipinski definition) is 1. The van der Waals surface area contributed by atoms with Crippen LogP contribution in [-0.4, -0.2) is 18.6 Å². The molecule has 1 aromatic carbocycles. The molecule has 0 saturated carbocycles. The first-order valence-corrected chi connectivity index (χ1v) is 6.52. The SMILES string of the molecule is Clc1ccc(CC2COCCC2Cl)c(Cl)c1. The molecule has 1 aliphatic rings. The largest absolute Gasteiger partial charge is 0.381 e. The number of benzene rings is 1. The van der Waals surface area contributed by atoms with E-state index < -0.39 is 0 Å². The van der Waals surface area contributed by atoms with Crippen molar-refractivity contribution in [2.24, 2.45) is 5.92 Å². The highest BCUT2D eigenvalue weighted by molar-refractivity contribution is 6.35. The van der Waals surface area contributed by atoms with Crippen molar-refractivity contribution in [3.05, 3.63) is 33.8 Å². The van der Waals surface area contributed by atoms with Gasteiger partial charge in [0.25, 0.3) is 0 Å². The maximum atomic E-state index is 6.27. The number of alkyl halides is 1. The monoisotopic (exact) mass is 278 g/mol. The van der Waals surface area contributed by atoms with Gasteiger partial charge in [-0.1, -0.05) is 29.3 Å². The van der Waals surface area contributed by atoms with E-state index in [4.69, 9.17) is 39.5 Å². The molecular formula is C12H13Cl3O. The second-order valence-electron chi connectivity index (χ2n) is 4.08. The molecule has 0 spiro atoms.